The number of ketones is 1. The Hall–Kier alpha value is 0.118. The van der Waals surface area contributed by atoms with E-state index in [-0.39, 0.29) is 0 Å². The Balaban J connectivity index is 7.90. The van der Waals surface area contributed by atoms with Crippen LogP contribution in [-0.2, 0) is 4.79 Å². The zero-order valence-electron chi connectivity index (χ0n) is 19.2. The third-order valence-electron chi connectivity index (χ3n) is 6.03. The van der Waals surface area contributed by atoms with Crippen molar-refractivity contribution >= 4 is 38.1 Å². The number of hydrogen-bond donors (Lipinski definition) is 0. The molecule has 0 aliphatic rings. The van der Waals surface area contributed by atoms with E-state index in [2.05, 4.69) is 0 Å². The Morgan fingerprint density at radius 3 is 0.679 bits per heavy atom. The maximum atomic E-state index is 14.8. The normalized spacial score (nSPS) is 16.4. The molecule has 28 heavy (non-hydrogen) atoms. The highest BCUT2D eigenvalue weighted by Crippen LogP contribution is 2.69. The van der Waals surface area contributed by atoms with E-state index in [9.17, 15) is 31.1 Å². The predicted molar refractivity (Wildman–Crippen MR) is 116 cm³/mol. The molecule has 0 N–H and O–H groups in total. The lowest BCUT2D eigenvalue weighted by molar-refractivity contribution is -0.183. The molecule has 0 aromatic heterocycles. The molecule has 0 unspecified atom stereocenters. The summed E-state index contributed by atoms with van der Waals surface area (Å²) in [4.78, 5) is 14.1. The standard InChI is InChI=1S/C17H36F6OSi4/c1-25(2,3)14(16(18,19)20,26(4,5)6)13(24)15(17(21,22)23,27(7,8)9)28(10,11)12/h1-12H3. The molecule has 168 valence electrons. The average Bonchev–Trinajstić information content (AvgIpc) is 2.14. The number of carbonyl (C=O) groups is 1. The van der Waals surface area contributed by atoms with E-state index in [1.54, 1.807) is 0 Å². The summed E-state index contributed by atoms with van der Waals surface area (Å²) in [6.45, 7) is 16.7. The molecule has 0 heterocycles. The molecule has 0 atom stereocenters. The third kappa shape index (κ3) is 3.77. The van der Waals surface area contributed by atoms with Crippen molar-refractivity contribution < 1.29 is 31.1 Å². The van der Waals surface area contributed by atoms with Gasteiger partial charge in [0.1, 0.15) is 9.32 Å². The molecule has 0 bridgehead atoms. The first kappa shape index (κ1) is 28.1. The van der Waals surface area contributed by atoms with Crippen molar-refractivity contribution in [1.29, 1.82) is 0 Å². The highest BCUT2D eigenvalue weighted by atomic mass is 28.4. The Labute approximate surface area is 169 Å². The Morgan fingerprint density at radius 2 is 0.607 bits per heavy atom. The molecule has 0 saturated carbocycles. The summed E-state index contributed by atoms with van der Waals surface area (Å²) in [7, 11) is -13.9. The van der Waals surface area contributed by atoms with Crippen LogP contribution < -0.4 is 0 Å². The fourth-order valence-electron chi connectivity index (χ4n) is 5.85. The van der Waals surface area contributed by atoms with Gasteiger partial charge < -0.3 is 0 Å². The Morgan fingerprint density at radius 1 is 0.464 bits per heavy atom. The van der Waals surface area contributed by atoms with E-state index in [0.717, 1.165) is 0 Å². The van der Waals surface area contributed by atoms with Crippen molar-refractivity contribution in [2.75, 3.05) is 0 Å². The second-order valence-corrected chi connectivity index (χ2v) is 33.8. The molecule has 0 aromatic carbocycles. The van der Waals surface area contributed by atoms with Gasteiger partial charge in [0.15, 0.2) is 5.78 Å². The van der Waals surface area contributed by atoms with Gasteiger partial charge in [0, 0.05) is 0 Å². The minimum atomic E-state index is -5.02. The molecule has 0 radical (unpaired) electrons. The van der Waals surface area contributed by atoms with Crippen LogP contribution in [0, 0.1) is 0 Å². The molecule has 0 spiro atoms. The van der Waals surface area contributed by atoms with Gasteiger partial charge in [-0.15, -0.1) is 0 Å². The van der Waals surface area contributed by atoms with Crippen LogP contribution in [0.5, 0.6) is 0 Å². The fourth-order valence-corrected chi connectivity index (χ4v) is 31.2. The molecule has 0 saturated heterocycles. The van der Waals surface area contributed by atoms with Gasteiger partial charge in [-0.1, -0.05) is 78.6 Å². The largest absolute Gasteiger partial charge is 0.396 e. The first-order valence-corrected chi connectivity index (χ1v) is 23.3. The maximum absolute atomic E-state index is 14.8. The van der Waals surface area contributed by atoms with Crippen LogP contribution >= 0.6 is 0 Å². The van der Waals surface area contributed by atoms with Crippen LogP contribution in [0.1, 0.15) is 0 Å². The Kier molecular flexibility index (Phi) is 7.11. The summed E-state index contributed by atoms with van der Waals surface area (Å²) in [6, 6.07) is 0. The van der Waals surface area contributed by atoms with Crippen molar-refractivity contribution in [3.63, 3.8) is 0 Å². The van der Waals surface area contributed by atoms with Crippen LogP contribution in [0.2, 0.25) is 87.9 Å². The first-order chi connectivity index (χ1) is 11.7. The molecule has 0 aromatic rings. The molecule has 0 amide bonds. The number of hydrogen-bond acceptors (Lipinski definition) is 1. The number of carbonyl (C=O) groups excluding carboxylic acids is 1. The summed E-state index contributed by atoms with van der Waals surface area (Å²) in [5.74, 6) is -1.56. The van der Waals surface area contributed by atoms with Gasteiger partial charge in [0.25, 0.3) is 0 Å². The summed E-state index contributed by atoms with van der Waals surface area (Å²) < 4.78 is 83.2. The first-order valence-electron chi connectivity index (χ1n) is 9.34. The lowest BCUT2D eigenvalue weighted by atomic mass is 10.1. The van der Waals surface area contributed by atoms with E-state index in [4.69, 9.17) is 0 Å². The minimum Gasteiger partial charge on any atom is -0.299 e. The molecule has 0 fully saturated rings. The van der Waals surface area contributed by atoms with Crippen molar-refractivity contribution in [3.8, 4) is 0 Å². The topological polar surface area (TPSA) is 17.1 Å². The zero-order chi connectivity index (χ0) is 23.6. The molecular formula is C17H36F6OSi4. The van der Waals surface area contributed by atoms with Crippen LogP contribution in [-0.4, -0.2) is 50.4 Å². The fraction of sp³-hybridized carbons (Fsp3) is 0.941. The van der Waals surface area contributed by atoms with Gasteiger partial charge in [-0.3, -0.25) is 4.79 Å². The van der Waals surface area contributed by atoms with Crippen LogP contribution in [0.25, 0.3) is 0 Å². The predicted octanol–water partition coefficient (Wildman–Crippen LogP) is 7.59. The van der Waals surface area contributed by atoms with E-state index in [0.29, 0.717) is 0 Å². The summed E-state index contributed by atoms with van der Waals surface area (Å²) in [5.41, 5.74) is 0. The molecule has 0 aliphatic carbocycles. The minimum absolute atomic E-state index is 1.40. The highest BCUT2D eigenvalue weighted by Gasteiger charge is 2.82. The quantitative estimate of drug-likeness (QED) is 0.281. The second kappa shape index (κ2) is 7.08. The van der Waals surface area contributed by atoms with Gasteiger partial charge in [0.2, 0.25) is 0 Å². The van der Waals surface area contributed by atoms with Crippen LogP contribution in [0.4, 0.5) is 26.3 Å². The number of Topliss-reactive ketones (excluding diaryl/α,β-unsaturated/α-hetero) is 1. The lowest BCUT2D eigenvalue weighted by Crippen LogP contribution is -2.75. The van der Waals surface area contributed by atoms with Gasteiger partial charge >= 0.3 is 12.4 Å². The molecule has 0 aliphatic heterocycles. The smallest absolute Gasteiger partial charge is 0.299 e. The van der Waals surface area contributed by atoms with E-state index in [1.807, 2.05) is 0 Å². The molecular weight excluding hydrogens is 447 g/mol. The van der Waals surface area contributed by atoms with Crippen molar-refractivity contribution in [2.45, 2.75) is 100 Å². The van der Waals surface area contributed by atoms with Crippen LogP contribution in [0.3, 0.4) is 0 Å². The van der Waals surface area contributed by atoms with E-state index in [1.165, 1.54) is 78.6 Å². The van der Waals surface area contributed by atoms with Gasteiger partial charge in [-0.05, 0) is 0 Å². The summed E-state index contributed by atoms with van der Waals surface area (Å²) >= 11 is 0. The van der Waals surface area contributed by atoms with Crippen molar-refractivity contribution in [1.82, 2.24) is 0 Å². The highest BCUT2D eigenvalue weighted by molar-refractivity contribution is 7.09. The van der Waals surface area contributed by atoms with Gasteiger partial charge in [0.05, 0.1) is 32.3 Å². The lowest BCUT2D eigenvalue weighted by Gasteiger charge is -2.60. The van der Waals surface area contributed by atoms with Crippen molar-refractivity contribution in [3.05, 3.63) is 0 Å². The monoisotopic (exact) mass is 482 g/mol. The number of rotatable bonds is 6. The summed E-state index contributed by atoms with van der Waals surface area (Å²) in [5, 5.41) is 0. The molecule has 1 nitrogen and oxygen atoms in total. The van der Waals surface area contributed by atoms with Crippen LogP contribution in [0.15, 0.2) is 0 Å². The molecule has 11 heteroatoms. The average molecular weight is 483 g/mol. The van der Waals surface area contributed by atoms with E-state index >= 15 is 0 Å². The van der Waals surface area contributed by atoms with Gasteiger partial charge in [-0.25, -0.2) is 0 Å². The zero-order valence-corrected chi connectivity index (χ0v) is 23.2. The number of alkyl halides is 6. The number of halogens is 6. The van der Waals surface area contributed by atoms with E-state index < -0.39 is 59.8 Å². The third-order valence-corrected chi connectivity index (χ3v) is 26.1. The van der Waals surface area contributed by atoms with Crippen molar-refractivity contribution in [2.24, 2.45) is 0 Å². The molecule has 0 rings (SSSR count). The SMILES string of the molecule is C[Si](C)(C)C(C(=O)C(C(F)(F)F)([Si](C)(C)C)[Si](C)(C)C)(C(F)(F)F)[Si](C)(C)C. The second-order valence-electron chi connectivity index (χ2n) is 11.8. The Bertz CT molecular complexity index is 474. The van der Waals surface area contributed by atoms with Gasteiger partial charge in [-0.2, -0.15) is 26.3 Å². The maximum Gasteiger partial charge on any atom is 0.396 e. The summed E-state index contributed by atoms with van der Waals surface area (Å²) in [6.07, 6.45) is -10.0.